The van der Waals surface area contributed by atoms with Crippen LogP contribution in [-0.4, -0.2) is 85.5 Å². The molecule has 2 fully saturated rings. The highest BCUT2D eigenvalue weighted by atomic mass is 16.2. The van der Waals surface area contributed by atoms with Crippen LogP contribution in [0.1, 0.15) is 46.0 Å². The fraction of sp³-hybridized carbons (Fsp3) is 0.889. The van der Waals surface area contributed by atoms with Crippen LogP contribution in [0.5, 0.6) is 0 Å². The fourth-order valence-corrected chi connectivity index (χ4v) is 3.36. The van der Waals surface area contributed by atoms with Crippen molar-refractivity contribution in [3.05, 3.63) is 0 Å². The summed E-state index contributed by atoms with van der Waals surface area (Å²) in [4.78, 5) is 23.1. The Hall–Kier alpha value is -1.30. The van der Waals surface area contributed by atoms with Crippen molar-refractivity contribution in [1.29, 1.82) is 0 Å². The summed E-state index contributed by atoms with van der Waals surface area (Å²) < 4.78 is 0. The van der Waals surface area contributed by atoms with Crippen molar-refractivity contribution in [3.63, 3.8) is 0 Å². The van der Waals surface area contributed by atoms with Crippen LogP contribution < -0.4 is 5.32 Å². The van der Waals surface area contributed by atoms with Gasteiger partial charge in [0.1, 0.15) is 6.54 Å². The number of likely N-dealkylation sites (N-methyl/N-ethyl adjacent to an activating group) is 1. The van der Waals surface area contributed by atoms with Gasteiger partial charge in [0.15, 0.2) is 5.96 Å². The van der Waals surface area contributed by atoms with Crippen LogP contribution in [0.15, 0.2) is 4.99 Å². The summed E-state index contributed by atoms with van der Waals surface area (Å²) in [6, 6.07) is 1.01. The molecule has 2 aliphatic rings. The van der Waals surface area contributed by atoms with Crippen molar-refractivity contribution in [1.82, 2.24) is 20.0 Å². The highest BCUT2D eigenvalue weighted by molar-refractivity contribution is 5.85. The van der Waals surface area contributed by atoms with E-state index in [1.807, 2.05) is 0 Å². The first-order chi connectivity index (χ1) is 11.5. The molecule has 24 heavy (non-hydrogen) atoms. The predicted molar refractivity (Wildman–Crippen MR) is 99.3 cm³/mol. The molecule has 2 rings (SSSR count). The molecule has 138 valence electrons. The first-order valence-electron chi connectivity index (χ1n) is 9.51. The van der Waals surface area contributed by atoms with Gasteiger partial charge in [0, 0.05) is 39.3 Å². The van der Waals surface area contributed by atoms with Gasteiger partial charge in [-0.1, -0.05) is 13.3 Å². The van der Waals surface area contributed by atoms with E-state index < -0.39 is 0 Å². The Morgan fingerprint density at radius 1 is 1.25 bits per heavy atom. The molecule has 1 N–H and O–H groups in total. The SMILES string of the molecule is CCC(C)NC(=NCC(=O)N(C)C)N1CCC(N2CCCCC2)C1. The minimum Gasteiger partial charge on any atom is -0.354 e. The van der Waals surface area contributed by atoms with Gasteiger partial charge in [-0.2, -0.15) is 0 Å². The summed E-state index contributed by atoms with van der Waals surface area (Å²) in [7, 11) is 3.56. The Labute approximate surface area is 147 Å². The third-order valence-electron chi connectivity index (χ3n) is 5.22. The zero-order valence-electron chi connectivity index (χ0n) is 15.9. The summed E-state index contributed by atoms with van der Waals surface area (Å²) in [6.07, 6.45) is 6.29. The topological polar surface area (TPSA) is 51.2 Å². The zero-order valence-corrected chi connectivity index (χ0v) is 15.9. The first-order valence-corrected chi connectivity index (χ1v) is 9.51. The number of rotatable bonds is 5. The molecule has 0 radical (unpaired) electrons. The second-order valence-corrected chi connectivity index (χ2v) is 7.37. The van der Waals surface area contributed by atoms with E-state index in [4.69, 9.17) is 0 Å². The molecule has 0 bridgehead atoms. The highest BCUT2D eigenvalue weighted by Gasteiger charge is 2.30. The third kappa shape index (κ3) is 5.36. The summed E-state index contributed by atoms with van der Waals surface area (Å²) in [5, 5.41) is 3.51. The molecule has 0 aliphatic carbocycles. The van der Waals surface area contributed by atoms with Crippen molar-refractivity contribution in [3.8, 4) is 0 Å². The molecule has 2 unspecified atom stereocenters. The number of carbonyl (C=O) groups is 1. The van der Waals surface area contributed by atoms with Crippen LogP contribution in [0.4, 0.5) is 0 Å². The molecular weight excluding hydrogens is 302 g/mol. The van der Waals surface area contributed by atoms with E-state index in [9.17, 15) is 4.79 Å². The lowest BCUT2D eigenvalue weighted by Gasteiger charge is -2.32. The van der Waals surface area contributed by atoms with Gasteiger partial charge in [0.2, 0.25) is 5.91 Å². The molecule has 6 nitrogen and oxygen atoms in total. The number of aliphatic imine (C=N–C) groups is 1. The summed E-state index contributed by atoms with van der Waals surface area (Å²) >= 11 is 0. The maximum Gasteiger partial charge on any atom is 0.243 e. The summed E-state index contributed by atoms with van der Waals surface area (Å²) in [5.74, 6) is 0.948. The zero-order chi connectivity index (χ0) is 17.5. The smallest absolute Gasteiger partial charge is 0.243 e. The summed E-state index contributed by atoms with van der Waals surface area (Å²) in [5.41, 5.74) is 0. The van der Waals surface area contributed by atoms with Gasteiger partial charge in [-0.25, -0.2) is 4.99 Å². The van der Waals surface area contributed by atoms with Gasteiger partial charge < -0.3 is 15.1 Å². The maximum absolute atomic E-state index is 11.9. The van der Waals surface area contributed by atoms with Crippen LogP contribution in [0.2, 0.25) is 0 Å². The van der Waals surface area contributed by atoms with E-state index in [0.29, 0.717) is 12.1 Å². The average Bonchev–Trinajstić information content (AvgIpc) is 3.08. The maximum atomic E-state index is 11.9. The number of hydrogen-bond acceptors (Lipinski definition) is 3. The van der Waals surface area contributed by atoms with E-state index >= 15 is 0 Å². The van der Waals surface area contributed by atoms with E-state index in [1.165, 1.54) is 38.8 Å². The van der Waals surface area contributed by atoms with Crippen LogP contribution in [0.25, 0.3) is 0 Å². The molecular formula is C18H35N5O. The van der Waals surface area contributed by atoms with Crippen molar-refractivity contribution >= 4 is 11.9 Å². The second kappa shape index (κ2) is 9.25. The molecule has 0 aromatic heterocycles. The number of likely N-dealkylation sites (tertiary alicyclic amines) is 2. The van der Waals surface area contributed by atoms with E-state index in [-0.39, 0.29) is 12.5 Å². The number of hydrogen-bond donors (Lipinski definition) is 1. The normalized spacial score (nSPS) is 24.1. The summed E-state index contributed by atoms with van der Waals surface area (Å²) in [6.45, 7) is 9.09. The molecule has 0 aromatic carbocycles. The van der Waals surface area contributed by atoms with Gasteiger partial charge >= 0.3 is 0 Å². The molecule has 6 heteroatoms. The fourth-order valence-electron chi connectivity index (χ4n) is 3.36. The Balaban J connectivity index is 1.98. The standard InChI is InChI=1S/C18H35N5O/c1-5-15(2)20-18(19-13-17(24)21(3)4)23-12-9-16(14-23)22-10-7-6-8-11-22/h15-16H,5-14H2,1-4H3,(H,19,20). The molecule has 0 aromatic rings. The Morgan fingerprint density at radius 2 is 1.96 bits per heavy atom. The lowest BCUT2D eigenvalue weighted by Crippen LogP contribution is -2.47. The van der Waals surface area contributed by atoms with Crippen molar-refractivity contribution in [2.75, 3.05) is 46.8 Å². The van der Waals surface area contributed by atoms with Crippen molar-refractivity contribution in [2.45, 2.75) is 58.0 Å². The van der Waals surface area contributed by atoms with Gasteiger partial charge in [-0.3, -0.25) is 9.69 Å². The highest BCUT2D eigenvalue weighted by Crippen LogP contribution is 2.20. The molecule has 0 saturated carbocycles. The van der Waals surface area contributed by atoms with Crippen molar-refractivity contribution < 1.29 is 4.79 Å². The molecule has 2 heterocycles. The Morgan fingerprint density at radius 3 is 2.58 bits per heavy atom. The van der Waals surface area contributed by atoms with Gasteiger partial charge in [-0.05, 0) is 45.7 Å². The van der Waals surface area contributed by atoms with Gasteiger partial charge in [-0.15, -0.1) is 0 Å². The molecule has 2 aliphatic heterocycles. The number of guanidine groups is 1. The minimum atomic E-state index is 0.0465. The average molecular weight is 338 g/mol. The van der Waals surface area contributed by atoms with Gasteiger partial charge in [0.25, 0.3) is 0 Å². The lowest BCUT2D eigenvalue weighted by molar-refractivity contribution is -0.127. The van der Waals surface area contributed by atoms with E-state index in [2.05, 4.69) is 34.0 Å². The third-order valence-corrected chi connectivity index (χ3v) is 5.22. The van der Waals surface area contributed by atoms with E-state index in [1.54, 1.807) is 19.0 Å². The lowest BCUT2D eigenvalue weighted by atomic mass is 10.1. The monoisotopic (exact) mass is 337 g/mol. The van der Waals surface area contributed by atoms with Crippen LogP contribution in [0, 0.1) is 0 Å². The first kappa shape index (κ1) is 19.0. The molecule has 1 amide bonds. The van der Waals surface area contributed by atoms with Gasteiger partial charge in [0.05, 0.1) is 0 Å². The van der Waals surface area contributed by atoms with Crippen LogP contribution in [0.3, 0.4) is 0 Å². The minimum absolute atomic E-state index is 0.0465. The van der Waals surface area contributed by atoms with Crippen molar-refractivity contribution in [2.24, 2.45) is 4.99 Å². The van der Waals surface area contributed by atoms with Crippen LogP contribution >= 0.6 is 0 Å². The predicted octanol–water partition coefficient (Wildman–Crippen LogP) is 1.38. The number of piperidine rings is 1. The molecule has 2 atom stereocenters. The largest absolute Gasteiger partial charge is 0.354 e. The number of carbonyl (C=O) groups excluding carboxylic acids is 1. The van der Waals surface area contributed by atoms with E-state index in [0.717, 1.165) is 25.5 Å². The Kier molecular flexibility index (Phi) is 7.34. The quantitative estimate of drug-likeness (QED) is 0.608. The number of nitrogens with one attached hydrogen (secondary N) is 1. The second-order valence-electron chi connectivity index (χ2n) is 7.37. The van der Waals surface area contributed by atoms with Crippen LogP contribution in [-0.2, 0) is 4.79 Å². The Bertz CT molecular complexity index is 431. The number of nitrogens with zero attached hydrogens (tertiary/aromatic N) is 4. The number of amides is 1. The molecule has 0 spiro atoms. The molecule has 2 saturated heterocycles.